The van der Waals surface area contributed by atoms with Crippen LogP contribution in [0.4, 0.5) is 5.69 Å². The Morgan fingerprint density at radius 3 is 2.00 bits per heavy atom. The number of hydrazine groups is 1. The molecule has 0 saturated carbocycles. The fourth-order valence-corrected chi connectivity index (χ4v) is 3.30. The van der Waals surface area contributed by atoms with Gasteiger partial charge in [-0.2, -0.15) is 16.8 Å². The molecule has 11 heteroatoms. The number of nitrogens with zero attached hydrogens (tertiary/aromatic N) is 1. The van der Waals surface area contributed by atoms with Gasteiger partial charge in [0.15, 0.2) is 0 Å². The molecule has 0 aliphatic heterocycles. The molecule has 0 aliphatic carbocycles. The van der Waals surface area contributed by atoms with Gasteiger partial charge in [0.25, 0.3) is 20.2 Å². The number of hydrogen-bond donors (Lipinski definition) is 3. The van der Waals surface area contributed by atoms with Gasteiger partial charge in [0, 0.05) is 19.4 Å². The monoisotopic (exact) mass is 374 g/mol. The molecule has 0 radical (unpaired) electrons. The lowest BCUT2D eigenvalue weighted by atomic mass is 10.1. The Labute approximate surface area is 138 Å². The van der Waals surface area contributed by atoms with E-state index in [2.05, 4.69) is 5.43 Å². The number of anilines is 1. The predicted octanol–water partition coefficient (Wildman–Crippen LogP) is 0.820. The van der Waals surface area contributed by atoms with Crippen molar-refractivity contribution in [2.45, 2.75) is 16.7 Å². The quantitative estimate of drug-likeness (QED) is 0.527. The van der Waals surface area contributed by atoms with Gasteiger partial charge in [-0.05, 0) is 29.7 Å². The van der Waals surface area contributed by atoms with Crippen LogP contribution in [0.15, 0.2) is 40.1 Å². The van der Waals surface area contributed by atoms with E-state index in [9.17, 15) is 26.2 Å². The summed E-state index contributed by atoms with van der Waals surface area (Å²) in [6, 6.07) is 5.58. The van der Waals surface area contributed by atoms with Gasteiger partial charge in [-0.1, -0.05) is 6.07 Å². The van der Waals surface area contributed by atoms with Crippen LogP contribution in [0.25, 0.3) is 10.8 Å². The minimum absolute atomic E-state index is 0.0942. The van der Waals surface area contributed by atoms with Gasteiger partial charge in [0.2, 0.25) is 5.91 Å². The van der Waals surface area contributed by atoms with E-state index in [1.807, 2.05) is 0 Å². The van der Waals surface area contributed by atoms with E-state index in [-0.39, 0.29) is 11.1 Å². The molecule has 0 bridgehead atoms. The van der Waals surface area contributed by atoms with Crippen LogP contribution in [0.1, 0.15) is 6.92 Å². The highest BCUT2D eigenvalue weighted by Crippen LogP contribution is 2.31. The zero-order chi connectivity index (χ0) is 18.3. The van der Waals surface area contributed by atoms with Gasteiger partial charge in [0.05, 0.1) is 15.5 Å². The van der Waals surface area contributed by atoms with Gasteiger partial charge in [-0.15, -0.1) is 0 Å². The number of fused-ring (bicyclic) bond motifs is 1. The van der Waals surface area contributed by atoms with Crippen LogP contribution in [-0.4, -0.2) is 38.9 Å². The van der Waals surface area contributed by atoms with Crippen LogP contribution >= 0.6 is 0 Å². The molecule has 0 unspecified atom stereocenters. The molecule has 0 heterocycles. The number of nitrogens with one attached hydrogen (secondary N) is 1. The Morgan fingerprint density at radius 2 is 1.54 bits per heavy atom. The molecular formula is C13H14N2O7S2. The summed E-state index contributed by atoms with van der Waals surface area (Å²) < 4.78 is 63.8. The van der Waals surface area contributed by atoms with Crippen LogP contribution in [0.2, 0.25) is 0 Å². The summed E-state index contributed by atoms with van der Waals surface area (Å²) in [7, 11) is -7.69. The van der Waals surface area contributed by atoms with Crippen molar-refractivity contribution in [3.8, 4) is 0 Å². The molecule has 0 fully saturated rings. The van der Waals surface area contributed by atoms with Crippen molar-refractivity contribution >= 4 is 42.6 Å². The zero-order valence-electron chi connectivity index (χ0n) is 12.6. The Bertz CT molecular complexity index is 1020. The first-order valence-electron chi connectivity index (χ1n) is 6.46. The largest absolute Gasteiger partial charge is 0.294 e. The van der Waals surface area contributed by atoms with E-state index in [1.54, 1.807) is 0 Å². The van der Waals surface area contributed by atoms with Crippen LogP contribution in [0.5, 0.6) is 0 Å². The van der Waals surface area contributed by atoms with Crippen molar-refractivity contribution in [3.05, 3.63) is 30.3 Å². The van der Waals surface area contributed by atoms with E-state index < -0.39 is 35.9 Å². The van der Waals surface area contributed by atoms with Crippen molar-refractivity contribution in [1.82, 2.24) is 5.43 Å². The van der Waals surface area contributed by atoms with E-state index in [0.29, 0.717) is 5.39 Å². The molecular weight excluding hydrogens is 360 g/mol. The van der Waals surface area contributed by atoms with Gasteiger partial charge in [0.1, 0.15) is 0 Å². The lowest BCUT2D eigenvalue weighted by Crippen LogP contribution is -2.39. The molecule has 130 valence electrons. The molecule has 2 aromatic rings. The number of benzene rings is 2. The van der Waals surface area contributed by atoms with Crippen molar-refractivity contribution in [3.63, 3.8) is 0 Å². The Kier molecular flexibility index (Phi) is 4.65. The summed E-state index contributed by atoms with van der Waals surface area (Å²) in [4.78, 5) is 10.7. The van der Waals surface area contributed by atoms with Crippen LogP contribution in [0, 0.1) is 0 Å². The fourth-order valence-electron chi connectivity index (χ4n) is 2.24. The van der Waals surface area contributed by atoms with Crippen molar-refractivity contribution in [2.75, 3.05) is 12.1 Å². The molecule has 0 saturated heterocycles. The average molecular weight is 374 g/mol. The minimum atomic E-state index is -4.61. The number of rotatable bonds is 4. The van der Waals surface area contributed by atoms with E-state index in [4.69, 9.17) is 4.55 Å². The molecule has 0 spiro atoms. The normalized spacial score (nSPS) is 12.3. The van der Waals surface area contributed by atoms with E-state index >= 15 is 0 Å². The summed E-state index contributed by atoms with van der Waals surface area (Å²) in [5.74, 6) is -0.467. The number of amides is 1. The molecule has 1 amide bonds. The molecule has 3 N–H and O–H groups in total. The van der Waals surface area contributed by atoms with Crippen molar-refractivity contribution < 1.29 is 30.7 Å². The van der Waals surface area contributed by atoms with E-state index in [0.717, 1.165) is 29.3 Å². The van der Waals surface area contributed by atoms with Gasteiger partial charge in [-0.3, -0.25) is 13.9 Å². The molecule has 0 aromatic heterocycles. The third-order valence-corrected chi connectivity index (χ3v) is 4.93. The summed E-state index contributed by atoms with van der Waals surface area (Å²) in [5, 5.41) is 1.46. The second-order valence-corrected chi connectivity index (χ2v) is 7.70. The average Bonchev–Trinajstić information content (AvgIpc) is 2.44. The third-order valence-electron chi connectivity index (χ3n) is 3.25. The first-order chi connectivity index (χ1) is 10.9. The zero-order valence-corrected chi connectivity index (χ0v) is 14.2. The van der Waals surface area contributed by atoms with Crippen LogP contribution in [-0.2, 0) is 25.0 Å². The van der Waals surface area contributed by atoms with Crippen molar-refractivity contribution in [1.29, 1.82) is 0 Å². The molecule has 2 aromatic carbocycles. The predicted molar refractivity (Wildman–Crippen MR) is 85.8 cm³/mol. The number of carbonyl (C=O) groups excluding carboxylic acids is 1. The van der Waals surface area contributed by atoms with Gasteiger partial charge < -0.3 is 0 Å². The lowest BCUT2D eigenvalue weighted by molar-refractivity contribution is -0.117. The topological polar surface area (TPSA) is 141 Å². The van der Waals surface area contributed by atoms with Gasteiger partial charge >= 0.3 is 0 Å². The maximum absolute atomic E-state index is 11.7. The second-order valence-electron chi connectivity index (χ2n) is 4.85. The Morgan fingerprint density at radius 1 is 1.00 bits per heavy atom. The first-order valence-corrected chi connectivity index (χ1v) is 9.34. The maximum atomic E-state index is 11.7. The van der Waals surface area contributed by atoms with Crippen LogP contribution in [0.3, 0.4) is 0 Å². The molecule has 0 aliphatic rings. The summed E-state index contributed by atoms with van der Waals surface area (Å²) in [6.45, 7) is 1.23. The molecule has 2 rings (SSSR count). The third kappa shape index (κ3) is 3.55. The molecule has 0 atom stereocenters. The second kappa shape index (κ2) is 6.11. The highest BCUT2D eigenvalue weighted by atomic mass is 32.2. The lowest BCUT2D eigenvalue weighted by Gasteiger charge is -2.22. The minimum Gasteiger partial charge on any atom is -0.282 e. The molecule has 24 heavy (non-hydrogen) atoms. The fraction of sp³-hybridized carbons (Fsp3) is 0.154. The Hall–Kier alpha value is -2.05. The van der Waals surface area contributed by atoms with E-state index in [1.165, 1.54) is 20.0 Å². The summed E-state index contributed by atoms with van der Waals surface area (Å²) >= 11 is 0. The summed E-state index contributed by atoms with van der Waals surface area (Å²) in [5.41, 5.74) is 2.67. The number of hydrogen-bond acceptors (Lipinski definition) is 6. The van der Waals surface area contributed by atoms with Crippen LogP contribution < -0.4 is 10.4 Å². The SMILES string of the molecule is CNN(C(C)=O)c1cc(S(=O)(=O)O)cc2cc(S(=O)(=O)O)ccc12. The highest BCUT2D eigenvalue weighted by Gasteiger charge is 2.20. The maximum Gasteiger partial charge on any atom is 0.294 e. The standard InChI is InChI=1S/C13H14N2O7S2/c1-8(16)15(14-2)13-7-11(24(20,21)22)6-9-5-10(23(17,18)19)3-4-12(9)13/h3-7,14H,1-2H3,(H,17,18,19)(H,20,21,22). The Balaban J connectivity index is 2.92. The smallest absolute Gasteiger partial charge is 0.282 e. The van der Waals surface area contributed by atoms with Gasteiger partial charge in [-0.25, -0.2) is 10.4 Å². The number of carbonyl (C=O) groups is 1. The molecule has 9 nitrogen and oxygen atoms in total. The van der Waals surface area contributed by atoms with Crippen molar-refractivity contribution in [2.24, 2.45) is 0 Å². The summed E-state index contributed by atoms with van der Waals surface area (Å²) in [6.07, 6.45) is 0. The first kappa shape index (κ1) is 18.3. The highest BCUT2D eigenvalue weighted by molar-refractivity contribution is 7.86.